The van der Waals surface area contributed by atoms with Crippen molar-refractivity contribution < 1.29 is 0 Å². The second kappa shape index (κ2) is 5.98. The van der Waals surface area contributed by atoms with Crippen LogP contribution in [0.1, 0.15) is 11.1 Å². The minimum atomic E-state index is 0.880. The Labute approximate surface area is 143 Å². The summed E-state index contributed by atoms with van der Waals surface area (Å²) in [5, 5.41) is 0. The fourth-order valence-electron chi connectivity index (χ4n) is 3.78. The first-order chi connectivity index (χ1) is 11.8. The van der Waals surface area contributed by atoms with Crippen molar-refractivity contribution >= 4 is 0 Å². The standard InChI is InChI=1S/C24H20/c1-3-9-17-11-7-14-19(18(17)10-4-2)22-15-8-16-23-20-12-5-6-13-21(20)24(22)23/h3-8,11-16H,1-2,9-10H2. The fourth-order valence-corrected chi connectivity index (χ4v) is 3.78. The van der Waals surface area contributed by atoms with Gasteiger partial charge in [0.1, 0.15) is 0 Å². The molecule has 0 fully saturated rings. The summed E-state index contributed by atoms with van der Waals surface area (Å²) in [6, 6.07) is 21.9. The van der Waals surface area contributed by atoms with Gasteiger partial charge in [-0.25, -0.2) is 0 Å². The number of hydrogen-bond donors (Lipinski definition) is 0. The van der Waals surface area contributed by atoms with Crippen molar-refractivity contribution in [3.05, 3.63) is 97.1 Å². The molecule has 3 aromatic rings. The summed E-state index contributed by atoms with van der Waals surface area (Å²) >= 11 is 0. The molecule has 0 atom stereocenters. The van der Waals surface area contributed by atoms with Gasteiger partial charge in [-0.3, -0.25) is 0 Å². The Hall–Kier alpha value is -2.86. The summed E-state index contributed by atoms with van der Waals surface area (Å²) in [5.74, 6) is 0. The highest BCUT2D eigenvalue weighted by Gasteiger charge is 2.25. The van der Waals surface area contributed by atoms with Crippen LogP contribution in [0.15, 0.2) is 86.0 Å². The van der Waals surface area contributed by atoms with Crippen LogP contribution < -0.4 is 0 Å². The third-order valence-corrected chi connectivity index (χ3v) is 4.83. The van der Waals surface area contributed by atoms with E-state index in [4.69, 9.17) is 0 Å². The van der Waals surface area contributed by atoms with Gasteiger partial charge in [0.15, 0.2) is 0 Å². The van der Waals surface area contributed by atoms with Crippen LogP contribution in [-0.4, -0.2) is 0 Å². The van der Waals surface area contributed by atoms with Crippen molar-refractivity contribution in [2.75, 3.05) is 0 Å². The van der Waals surface area contributed by atoms with Crippen molar-refractivity contribution in [1.82, 2.24) is 0 Å². The zero-order valence-electron chi connectivity index (χ0n) is 13.8. The smallest absolute Gasteiger partial charge is 0.00203 e. The molecule has 0 spiro atoms. The van der Waals surface area contributed by atoms with Crippen molar-refractivity contribution in [2.45, 2.75) is 12.8 Å². The third-order valence-electron chi connectivity index (χ3n) is 4.83. The molecule has 0 N–H and O–H groups in total. The summed E-state index contributed by atoms with van der Waals surface area (Å²) < 4.78 is 0. The van der Waals surface area contributed by atoms with Gasteiger partial charge in [0.2, 0.25) is 0 Å². The molecule has 0 nitrogen and oxygen atoms in total. The summed E-state index contributed by atoms with van der Waals surface area (Å²) in [4.78, 5) is 0. The van der Waals surface area contributed by atoms with Crippen LogP contribution in [-0.2, 0) is 12.8 Å². The van der Waals surface area contributed by atoms with Crippen molar-refractivity contribution in [3.8, 4) is 33.4 Å². The molecule has 0 saturated heterocycles. The van der Waals surface area contributed by atoms with Gasteiger partial charge in [-0.2, -0.15) is 0 Å². The maximum Gasteiger partial charge on any atom is -0.00203 e. The molecule has 24 heavy (non-hydrogen) atoms. The van der Waals surface area contributed by atoms with Crippen LogP contribution in [0.2, 0.25) is 0 Å². The SMILES string of the molecule is C=CCc1cccc(-c2cccc3c2-c2ccccc2-3)c1CC=C. The number of allylic oxidation sites excluding steroid dienone is 2. The highest BCUT2D eigenvalue weighted by molar-refractivity contribution is 6.08. The predicted molar refractivity (Wildman–Crippen MR) is 104 cm³/mol. The number of rotatable bonds is 5. The summed E-state index contributed by atoms with van der Waals surface area (Å²) in [5.41, 5.74) is 10.8. The molecular formula is C24H20. The lowest BCUT2D eigenvalue weighted by atomic mass is 9.75. The molecule has 0 heteroatoms. The van der Waals surface area contributed by atoms with Crippen LogP contribution in [0.4, 0.5) is 0 Å². The molecule has 0 aromatic heterocycles. The van der Waals surface area contributed by atoms with Gasteiger partial charge in [0.05, 0.1) is 0 Å². The summed E-state index contributed by atoms with van der Waals surface area (Å²) in [7, 11) is 0. The minimum Gasteiger partial charge on any atom is -0.103 e. The lowest BCUT2D eigenvalue weighted by molar-refractivity contribution is 1.16. The molecule has 0 heterocycles. The molecule has 0 radical (unpaired) electrons. The molecule has 4 rings (SSSR count). The highest BCUT2D eigenvalue weighted by Crippen LogP contribution is 2.51. The minimum absolute atomic E-state index is 0.880. The molecule has 1 aliphatic rings. The summed E-state index contributed by atoms with van der Waals surface area (Å²) in [6.07, 6.45) is 5.74. The molecule has 3 aromatic carbocycles. The van der Waals surface area contributed by atoms with E-state index < -0.39 is 0 Å². The van der Waals surface area contributed by atoms with Crippen LogP contribution in [0.5, 0.6) is 0 Å². The molecular weight excluding hydrogens is 288 g/mol. The molecule has 0 unspecified atom stereocenters. The van der Waals surface area contributed by atoms with Gasteiger partial charge in [-0.15, -0.1) is 13.2 Å². The Morgan fingerprint density at radius 3 is 1.92 bits per heavy atom. The van der Waals surface area contributed by atoms with E-state index in [-0.39, 0.29) is 0 Å². The van der Waals surface area contributed by atoms with E-state index in [2.05, 4.69) is 73.8 Å². The Morgan fingerprint density at radius 1 is 0.583 bits per heavy atom. The molecule has 0 aliphatic heterocycles. The van der Waals surface area contributed by atoms with Gasteiger partial charge in [-0.05, 0) is 57.3 Å². The fraction of sp³-hybridized carbons (Fsp3) is 0.0833. The van der Waals surface area contributed by atoms with Crippen LogP contribution in [0.3, 0.4) is 0 Å². The lowest BCUT2D eigenvalue weighted by Crippen LogP contribution is -2.03. The van der Waals surface area contributed by atoms with E-state index in [0.717, 1.165) is 12.8 Å². The molecule has 0 saturated carbocycles. The monoisotopic (exact) mass is 308 g/mol. The van der Waals surface area contributed by atoms with E-state index in [1.165, 1.54) is 44.5 Å². The van der Waals surface area contributed by atoms with Gasteiger partial charge in [-0.1, -0.05) is 72.8 Å². The van der Waals surface area contributed by atoms with Crippen molar-refractivity contribution in [1.29, 1.82) is 0 Å². The second-order valence-electron chi connectivity index (χ2n) is 6.20. The van der Waals surface area contributed by atoms with Crippen LogP contribution in [0, 0.1) is 0 Å². The van der Waals surface area contributed by atoms with Gasteiger partial charge < -0.3 is 0 Å². The van der Waals surface area contributed by atoms with Gasteiger partial charge >= 0.3 is 0 Å². The van der Waals surface area contributed by atoms with E-state index in [1.807, 2.05) is 12.2 Å². The average molecular weight is 308 g/mol. The van der Waals surface area contributed by atoms with E-state index in [1.54, 1.807) is 0 Å². The first-order valence-corrected chi connectivity index (χ1v) is 8.41. The van der Waals surface area contributed by atoms with Crippen molar-refractivity contribution in [2.24, 2.45) is 0 Å². The van der Waals surface area contributed by atoms with Crippen molar-refractivity contribution in [3.63, 3.8) is 0 Å². The Kier molecular flexibility index (Phi) is 3.66. The maximum atomic E-state index is 3.96. The van der Waals surface area contributed by atoms with Crippen LogP contribution in [0.25, 0.3) is 33.4 Å². The zero-order valence-corrected chi connectivity index (χ0v) is 13.8. The Balaban J connectivity index is 1.93. The topological polar surface area (TPSA) is 0 Å². The normalized spacial score (nSPS) is 11.2. The quantitative estimate of drug-likeness (QED) is 0.371. The van der Waals surface area contributed by atoms with E-state index in [9.17, 15) is 0 Å². The molecule has 1 aliphatic carbocycles. The predicted octanol–water partition coefficient (Wildman–Crippen LogP) is 6.46. The summed E-state index contributed by atoms with van der Waals surface area (Å²) in [6.45, 7) is 7.86. The Bertz CT molecular complexity index is 944. The number of hydrogen-bond acceptors (Lipinski definition) is 0. The molecule has 0 amide bonds. The van der Waals surface area contributed by atoms with E-state index >= 15 is 0 Å². The van der Waals surface area contributed by atoms with Gasteiger partial charge in [0.25, 0.3) is 0 Å². The first-order valence-electron chi connectivity index (χ1n) is 8.41. The molecule has 0 bridgehead atoms. The van der Waals surface area contributed by atoms with Gasteiger partial charge in [0, 0.05) is 0 Å². The highest BCUT2D eigenvalue weighted by atomic mass is 14.3. The third kappa shape index (κ3) is 2.15. The largest absolute Gasteiger partial charge is 0.103 e. The average Bonchev–Trinajstić information content (AvgIpc) is 2.61. The second-order valence-corrected chi connectivity index (χ2v) is 6.20. The number of benzene rings is 3. The van der Waals surface area contributed by atoms with E-state index in [0.29, 0.717) is 0 Å². The lowest BCUT2D eigenvalue weighted by Gasteiger charge is -2.28. The number of fused-ring (bicyclic) bond motifs is 4. The first kappa shape index (κ1) is 14.7. The zero-order chi connectivity index (χ0) is 16.5. The Morgan fingerprint density at radius 2 is 1.17 bits per heavy atom. The molecule has 116 valence electrons. The van der Waals surface area contributed by atoms with Crippen LogP contribution >= 0.6 is 0 Å². The maximum absolute atomic E-state index is 3.96.